The molecule has 2 fully saturated rings. The number of hydrogen-bond acceptors (Lipinski definition) is 4. The van der Waals surface area contributed by atoms with Gasteiger partial charge >= 0.3 is 0 Å². The summed E-state index contributed by atoms with van der Waals surface area (Å²) in [7, 11) is 3.30. The molecule has 0 bridgehead atoms. The molecule has 2 aromatic carbocycles. The van der Waals surface area contributed by atoms with Crippen molar-refractivity contribution in [2.45, 2.75) is 76.3 Å². The van der Waals surface area contributed by atoms with Gasteiger partial charge in [0.25, 0.3) is 0 Å². The van der Waals surface area contributed by atoms with Gasteiger partial charge in [-0.05, 0) is 55.9 Å². The molecule has 35 heavy (non-hydrogen) atoms. The van der Waals surface area contributed by atoms with E-state index in [0.717, 1.165) is 48.1 Å². The molecule has 5 rings (SSSR count). The molecule has 0 aliphatic heterocycles. The second-order valence-electron chi connectivity index (χ2n) is 10.0. The van der Waals surface area contributed by atoms with Crippen LogP contribution in [0.25, 0.3) is 22.4 Å². The van der Waals surface area contributed by atoms with Crippen molar-refractivity contribution in [3.05, 3.63) is 42.5 Å². The van der Waals surface area contributed by atoms with Crippen molar-refractivity contribution < 1.29 is 14.3 Å². The van der Waals surface area contributed by atoms with Crippen LogP contribution in [-0.2, 0) is 4.79 Å². The van der Waals surface area contributed by atoms with Crippen LogP contribution in [0.5, 0.6) is 11.5 Å². The van der Waals surface area contributed by atoms with E-state index in [4.69, 9.17) is 14.5 Å². The minimum Gasteiger partial charge on any atom is -0.493 e. The first-order valence-corrected chi connectivity index (χ1v) is 13.2. The zero-order chi connectivity index (χ0) is 24.2. The summed E-state index contributed by atoms with van der Waals surface area (Å²) >= 11 is 0. The van der Waals surface area contributed by atoms with E-state index >= 15 is 0 Å². The molecule has 2 aliphatic carbocycles. The summed E-state index contributed by atoms with van der Waals surface area (Å²) in [6.07, 6.45) is 11.5. The van der Waals surface area contributed by atoms with Crippen molar-refractivity contribution in [2.75, 3.05) is 14.2 Å². The lowest BCUT2D eigenvalue weighted by Gasteiger charge is -2.34. The summed E-state index contributed by atoms with van der Waals surface area (Å²) in [6.45, 7) is 0. The molecular formula is C29H37N3O3. The molecule has 186 valence electrons. The van der Waals surface area contributed by atoms with Gasteiger partial charge in [0.2, 0.25) is 5.91 Å². The molecule has 1 aromatic heterocycles. The van der Waals surface area contributed by atoms with Gasteiger partial charge < -0.3 is 19.4 Å². The van der Waals surface area contributed by atoms with Crippen molar-refractivity contribution in [3.63, 3.8) is 0 Å². The first kappa shape index (κ1) is 23.7. The number of carbonyl (C=O) groups excluding carboxylic acids is 1. The summed E-state index contributed by atoms with van der Waals surface area (Å²) in [5.41, 5.74) is 2.72. The average molecular weight is 476 g/mol. The van der Waals surface area contributed by atoms with Gasteiger partial charge in [0.05, 0.1) is 30.8 Å². The SMILES string of the molecule is COc1cccc(-c2nc3ccccc3n2C(C(=O)NC2CCCCC2)C2CCCCC2)c1OC. The van der Waals surface area contributed by atoms with Gasteiger partial charge in [-0.3, -0.25) is 4.79 Å². The Morgan fingerprint density at radius 3 is 2.34 bits per heavy atom. The molecule has 1 amide bonds. The van der Waals surface area contributed by atoms with Crippen LogP contribution in [0, 0.1) is 5.92 Å². The number of fused-ring (bicyclic) bond motifs is 1. The van der Waals surface area contributed by atoms with Crippen LogP contribution in [-0.4, -0.2) is 35.7 Å². The predicted molar refractivity (Wildman–Crippen MR) is 139 cm³/mol. The molecule has 1 unspecified atom stereocenters. The first-order chi connectivity index (χ1) is 17.2. The van der Waals surface area contributed by atoms with Crippen LogP contribution in [0.2, 0.25) is 0 Å². The minimum absolute atomic E-state index is 0.134. The minimum atomic E-state index is -0.310. The van der Waals surface area contributed by atoms with Gasteiger partial charge in [-0.25, -0.2) is 4.98 Å². The van der Waals surface area contributed by atoms with Crippen molar-refractivity contribution in [1.82, 2.24) is 14.9 Å². The first-order valence-electron chi connectivity index (χ1n) is 13.2. The van der Waals surface area contributed by atoms with E-state index < -0.39 is 0 Å². The standard InChI is InChI=1S/C29H37N3O3/c1-34-25-19-11-16-22(27(25)35-2)28-31-23-17-9-10-18-24(23)32(28)26(20-12-5-3-6-13-20)29(33)30-21-14-7-4-8-15-21/h9-11,16-21,26H,3-8,12-15H2,1-2H3,(H,30,33). The molecule has 6 heteroatoms. The van der Waals surface area contributed by atoms with E-state index in [2.05, 4.69) is 16.0 Å². The number of ether oxygens (including phenoxy) is 2. The topological polar surface area (TPSA) is 65.4 Å². The summed E-state index contributed by atoms with van der Waals surface area (Å²) in [5, 5.41) is 3.46. The smallest absolute Gasteiger partial charge is 0.243 e. The summed E-state index contributed by atoms with van der Waals surface area (Å²) in [5.74, 6) is 2.47. The third-order valence-electron chi connectivity index (χ3n) is 7.83. The number of hydrogen-bond donors (Lipinski definition) is 1. The van der Waals surface area contributed by atoms with E-state index in [0.29, 0.717) is 11.5 Å². The van der Waals surface area contributed by atoms with Crippen molar-refractivity contribution >= 4 is 16.9 Å². The molecule has 0 spiro atoms. The Morgan fingerprint density at radius 2 is 1.63 bits per heavy atom. The van der Waals surface area contributed by atoms with E-state index in [1.165, 1.54) is 38.5 Å². The van der Waals surface area contributed by atoms with Crippen LogP contribution in [0.4, 0.5) is 0 Å². The molecule has 1 atom stereocenters. The molecule has 2 saturated carbocycles. The number of aromatic nitrogens is 2. The normalized spacial score (nSPS) is 18.3. The Kier molecular flexibility index (Phi) is 7.26. The maximum atomic E-state index is 14.1. The summed E-state index contributed by atoms with van der Waals surface area (Å²) in [4.78, 5) is 19.2. The maximum Gasteiger partial charge on any atom is 0.243 e. The van der Waals surface area contributed by atoms with E-state index in [1.54, 1.807) is 14.2 Å². The highest BCUT2D eigenvalue weighted by Gasteiger charge is 2.36. The van der Waals surface area contributed by atoms with Crippen LogP contribution in [0.3, 0.4) is 0 Å². The highest BCUT2D eigenvalue weighted by molar-refractivity contribution is 5.88. The number of amides is 1. The zero-order valence-corrected chi connectivity index (χ0v) is 21.0. The number of para-hydroxylation sites is 3. The second-order valence-corrected chi connectivity index (χ2v) is 10.0. The summed E-state index contributed by atoms with van der Waals surface area (Å²) in [6, 6.07) is 14.0. The average Bonchev–Trinajstić information content (AvgIpc) is 3.28. The number of methoxy groups -OCH3 is 2. The Morgan fingerprint density at radius 1 is 0.914 bits per heavy atom. The fourth-order valence-electron chi connectivity index (χ4n) is 6.10. The Hall–Kier alpha value is -3.02. The summed E-state index contributed by atoms with van der Waals surface area (Å²) < 4.78 is 13.6. The Balaban J connectivity index is 1.66. The van der Waals surface area contributed by atoms with E-state index in [1.807, 2.05) is 36.4 Å². The largest absolute Gasteiger partial charge is 0.493 e. The molecular weight excluding hydrogens is 438 g/mol. The Labute approximate surface area is 208 Å². The molecule has 6 nitrogen and oxygen atoms in total. The highest BCUT2D eigenvalue weighted by Crippen LogP contribution is 2.43. The van der Waals surface area contributed by atoms with Crippen LogP contribution in [0.15, 0.2) is 42.5 Å². The van der Waals surface area contributed by atoms with Crippen molar-refractivity contribution in [1.29, 1.82) is 0 Å². The van der Waals surface area contributed by atoms with E-state index in [9.17, 15) is 4.79 Å². The van der Waals surface area contributed by atoms with Gasteiger partial charge in [0.1, 0.15) is 11.9 Å². The number of carbonyl (C=O) groups is 1. The van der Waals surface area contributed by atoms with Gasteiger partial charge in [0.15, 0.2) is 11.5 Å². The lowest BCUT2D eigenvalue weighted by molar-refractivity contribution is -0.127. The third kappa shape index (κ3) is 4.75. The predicted octanol–water partition coefficient (Wildman–Crippen LogP) is 6.29. The van der Waals surface area contributed by atoms with Crippen LogP contribution >= 0.6 is 0 Å². The highest BCUT2D eigenvalue weighted by atomic mass is 16.5. The number of nitrogens with zero attached hydrogens (tertiary/aromatic N) is 2. The van der Waals surface area contributed by atoms with Gasteiger partial charge in [0, 0.05) is 6.04 Å². The number of nitrogens with one attached hydrogen (secondary N) is 1. The number of imidazole rings is 1. The molecule has 2 aliphatic rings. The fourth-order valence-corrected chi connectivity index (χ4v) is 6.10. The molecule has 1 N–H and O–H groups in total. The van der Waals surface area contributed by atoms with Gasteiger partial charge in [-0.2, -0.15) is 0 Å². The molecule has 0 saturated heterocycles. The van der Waals surface area contributed by atoms with Crippen molar-refractivity contribution in [2.24, 2.45) is 5.92 Å². The van der Waals surface area contributed by atoms with Crippen molar-refractivity contribution in [3.8, 4) is 22.9 Å². The second kappa shape index (κ2) is 10.7. The lowest BCUT2D eigenvalue weighted by Crippen LogP contribution is -2.43. The Bertz CT molecular complexity index is 1160. The number of benzene rings is 2. The van der Waals surface area contributed by atoms with Gasteiger partial charge in [-0.1, -0.05) is 56.7 Å². The van der Waals surface area contributed by atoms with Crippen LogP contribution in [0.1, 0.15) is 70.3 Å². The number of rotatable bonds is 7. The maximum absolute atomic E-state index is 14.1. The van der Waals surface area contributed by atoms with E-state index in [-0.39, 0.29) is 23.9 Å². The zero-order valence-electron chi connectivity index (χ0n) is 21.0. The fraction of sp³-hybridized carbons (Fsp3) is 0.517. The van der Waals surface area contributed by atoms with Crippen LogP contribution < -0.4 is 14.8 Å². The monoisotopic (exact) mass is 475 g/mol. The third-order valence-corrected chi connectivity index (χ3v) is 7.83. The molecule has 1 heterocycles. The quantitative estimate of drug-likeness (QED) is 0.436. The molecule has 3 aromatic rings. The van der Waals surface area contributed by atoms with Gasteiger partial charge in [-0.15, -0.1) is 0 Å². The lowest BCUT2D eigenvalue weighted by atomic mass is 9.82. The molecule has 0 radical (unpaired) electrons.